The Morgan fingerprint density at radius 2 is 1.91 bits per heavy atom. The summed E-state index contributed by atoms with van der Waals surface area (Å²) in [6.45, 7) is 5.71. The molecule has 0 bridgehead atoms. The van der Waals surface area contributed by atoms with E-state index in [1.165, 1.54) is 22.4 Å². The molecule has 3 rings (SSSR count). The number of hydrogen-bond donors (Lipinski definition) is 1. The van der Waals surface area contributed by atoms with E-state index in [4.69, 9.17) is 0 Å². The lowest BCUT2D eigenvalue weighted by atomic mass is 10.1. The van der Waals surface area contributed by atoms with Crippen LogP contribution < -0.4 is 10.2 Å². The summed E-state index contributed by atoms with van der Waals surface area (Å²) in [5.41, 5.74) is 5.12. The van der Waals surface area contributed by atoms with Gasteiger partial charge in [0.1, 0.15) is 6.04 Å². The summed E-state index contributed by atoms with van der Waals surface area (Å²) in [5.74, 6) is 0.107. The van der Waals surface area contributed by atoms with Crippen molar-refractivity contribution in [3.63, 3.8) is 0 Å². The Morgan fingerprint density at radius 3 is 2.74 bits per heavy atom. The van der Waals surface area contributed by atoms with Crippen molar-refractivity contribution in [2.45, 2.75) is 32.7 Å². The molecule has 3 heteroatoms. The molecule has 1 aliphatic rings. The van der Waals surface area contributed by atoms with Crippen LogP contribution in [0.5, 0.6) is 0 Å². The number of hydrogen-bond acceptors (Lipinski definition) is 2. The van der Waals surface area contributed by atoms with E-state index in [2.05, 4.69) is 47.5 Å². The largest absolute Gasteiger partial charge is 0.359 e. The smallest absolute Gasteiger partial charge is 0.242 e. The van der Waals surface area contributed by atoms with Gasteiger partial charge in [0.25, 0.3) is 0 Å². The summed E-state index contributed by atoms with van der Waals surface area (Å²) in [6, 6.07) is 16.6. The number of nitrogens with zero attached hydrogens (tertiary/aromatic N) is 1. The lowest BCUT2D eigenvalue weighted by molar-refractivity contribution is -0.122. The van der Waals surface area contributed by atoms with Gasteiger partial charge in [0.15, 0.2) is 0 Å². The third kappa shape index (κ3) is 3.39. The second-order valence-corrected chi connectivity index (χ2v) is 6.22. The third-order valence-corrected chi connectivity index (χ3v) is 4.72. The van der Waals surface area contributed by atoms with Crippen molar-refractivity contribution in [3.05, 3.63) is 65.2 Å². The fourth-order valence-electron chi connectivity index (χ4n) is 3.27. The van der Waals surface area contributed by atoms with Crippen LogP contribution in [0.25, 0.3) is 0 Å². The zero-order valence-corrected chi connectivity index (χ0v) is 13.9. The van der Waals surface area contributed by atoms with Crippen molar-refractivity contribution < 1.29 is 4.79 Å². The molecule has 23 heavy (non-hydrogen) atoms. The highest BCUT2D eigenvalue weighted by Crippen LogP contribution is 2.29. The van der Waals surface area contributed by atoms with Crippen molar-refractivity contribution in [1.82, 2.24) is 5.32 Å². The van der Waals surface area contributed by atoms with Crippen molar-refractivity contribution in [3.8, 4) is 0 Å². The summed E-state index contributed by atoms with van der Waals surface area (Å²) in [6.07, 6.45) is 1.90. The Morgan fingerprint density at radius 1 is 1.17 bits per heavy atom. The van der Waals surface area contributed by atoms with Crippen LogP contribution in [-0.2, 0) is 17.6 Å². The van der Waals surface area contributed by atoms with Crippen molar-refractivity contribution in [2.24, 2.45) is 0 Å². The van der Waals surface area contributed by atoms with Gasteiger partial charge in [-0.15, -0.1) is 0 Å². The maximum absolute atomic E-state index is 12.5. The minimum atomic E-state index is -0.129. The number of rotatable bonds is 5. The molecule has 1 aliphatic heterocycles. The topological polar surface area (TPSA) is 32.3 Å². The number of nitrogens with one attached hydrogen (secondary N) is 1. The number of benzene rings is 2. The number of carbonyl (C=O) groups excluding carboxylic acids is 1. The van der Waals surface area contributed by atoms with Crippen LogP contribution in [-0.4, -0.2) is 25.0 Å². The number of aryl methyl sites for hydroxylation is 1. The van der Waals surface area contributed by atoms with Gasteiger partial charge in [0.2, 0.25) is 5.91 Å². The first-order valence-electron chi connectivity index (χ1n) is 8.33. The fourth-order valence-corrected chi connectivity index (χ4v) is 3.27. The molecule has 0 fully saturated rings. The molecule has 0 spiro atoms. The average Bonchev–Trinajstić information content (AvgIpc) is 3.00. The second kappa shape index (κ2) is 6.86. The van der Waals surface area contributed by atoms with E-state index in [9.17, 15) is 4.79 Å². The molecular formula is C20H24N2O. The van der Waals surface area contributed by atoms with Crippen molar-refractivity contribution >= 4 is 11.6 Å². The van der Waals surface area contributed by atoms with Crippen molar-refractivity contribution in [2.75, 3.05) is 18.0 Å². The van der Waals surface area contributed by atoms with Crippen LogP contribution in [0, 0.1) is 6.92 Å². The number of fused-ring (bicyclic) bond motifs is 1. The highest BCUT2D eigenvalue weighted by molar-refractivity contribution is 5.85. The third-order valence-electron chi connectivity index (χ3n) is 4.72. The lowest BCUT2D eigenvalue weighted by Gasteiger charge is -2.26. The van der Waals surface area contributed by atoms with Gasteiger partial charge in [-0.2, -0.15) is 0 Å². The van der Waals surface area contributed by atoms with Crippen molar-refractivity contribution in [1.29, 1.82) is 0 Å². The van der Waals surface area contributed by atoms with Gasteiger partial charge in [0, 0.05) is 18.8 Å². The maximum atomic E-state index is 12.5. The average molecular weight is 308 g/mol. The summed E-state index contributed by atoms with van der Waals surface area (Å²) < 4.78 is 0. The highest BCUT2D eigenvalue weighted by atomic mass is 16.2. The van der Waals surface area contributed by atoms with Crippen LogP contribution in [0.4, 0.5) is 5.69 Å². The van der Waals surface area contributed by atoms with Gasteiger partial charge in [-0.05, 0) is 49.4 Å². The van der Waals surface area contributed by atoms with Gasteiger partial charge in [0.05, 0.1) is 0 Å². The first-order valence-corrected chi connectivity index (χ1v) is 8.33. The monoisotopic (exact) mass is 308 g/mol. The van der Waals surface area contributed by atoms with E-state index in [0.717, 1.165) is 19.4 Å². The summed E-state index contributed by atoms with van der Waals surface area (Å²) in [5, 5.41) is 3.09. The van der Waals surface area contributed by atoms with Crippen LogP contribution in [0.2, 0.25) is 0 Å². The summed E-state index contributed by atoms with van der Waals surface area (Å²) in [7, 11) is 0. The predicted octanol–water partition coefficient (Wildman–Crippen LogP) is 3.10. The van der Waals surface area contributed by atoms with E-state index < -0.39 is 0 Å². The first-order chi connectivity index (χ1) is 11.2. The van der Waals surface area contributed by atoms with Gasteiger partial charge in [-0.25, -0.2) is 0 Å². The van der Waals surface area contributed by atoms with E-state index in [1.54, 1.807) is 0 Å². The fraction of sp³-hybridized carbons (Fsp3) is 0.350. The SMILES string of the molecule is Cc1ccccc1CCNC(=O)C(C)N1CCc2ccccc21. The maximum Gasteiger partial charge on any atom is 0.242 e. The molecule has 1 unspecified atom stereocenters. The van der Waals surface area contributed by atoms with Gasteiger partial charge in [-0.1, -0.05) is 42.5 Å². The molecular weight excluding hydrogens is 284 g/mol. The molecule has 1 N–H and O–H groups in total. The minimum absolute atomic E-state index is 0.107. The molecule has 1 amide bonds. The normalized spacial score (nSPS) is 14.4. The molecule has 2 aromatic carbocycles. The molecule has 0 saturated carbocycles. The zero-order chi connectivity index (χ0) is 16.2. The molecule has 0 saturated heterocycles. The van der Waals surface area contributed by atoms with Gasteiger partial charge in [-0.3, -0.25) is 4.79 Å². The number of amides is 1. The number of para-hydroxylation sites is 1. The first kappa shape index (κ1) is 15.6. The Labute approximate surface area is 138 Å². The van der Waals surface area contributed by atoms with Crippen LogP contribution in [0.15, 0.2) is 48.5 Å². The molecule has 0 aliphatic carbocycles. The molecule has 1 atom stereocenters. The van der Waals surface area contributed by atoms with E-state index in [0.29, 0.717) is 6.54 Å². The Balaban J connectivity index is 1.56. The Hall–Kier alpha value is -2.29. The zero-order valence-electron chi connectivity index (χ0n) is 13.9. The van der Waals surface area contributed by atoms with Crippen LogP contribution in [0.1, 0.15) is 23.6 Å². The van der Waals surface area contributed by atoms with Crippen LogP contribution >= 0.6 is 0 Å². The predicted molar refractivity (Wildman–Crippen MR) is 94.8 cm³/mol. The standard InChI is InChI=1S/C20H24N2O/c1-15-7-3-4-8-17(15)11-13-21-20(23)16(2)22-14-12-18-9-5-6-10-19(18)22/h3-10,16H,11-14H2,1-2H3,(H,21,23). The Bertz CT molecular complexity index is 696. The Kier molecular flexibility index (Phi) is 4.65. The molecule has 3 nitrogen and oxygen atoms in total. The van der Waals surface area contributed by atoms with Gasteiger partial charge >= 0.3 is 0 Å². The lowest BCUT2D eigenvalue weighted by Crippen LogP contribution is -2.45. The molecule has 1 heterocycles. The molecule has 2 aromatic rings. The minimum Gasteiger partial charge on any atom is -0.359 e. The molecule has 0 aromatic heterocycles. The summed E-state index contributed by atoms with van der Waals surface area (Å²) >= 11 is 0. The molecule has 0 radical (unpaired) electrons. The number of anilines is 1. The van der Waals surface area contributed by atoms with E-state index in [1.807, 2.05) is 25.1 Å². The van der Waals surface area contributed by atoms with Crippen LogP contribution in [0.3, 0.4) is 0 Å². The second-order valence-electron chi connectivity index (χ2n) is 6.22. The van der Waals surface area contributed by atoms with E-state index in [-0.39, 0.29) is 11.9 Å². The quantitative estimate of drug-likeness (QED) is 0.920. The molecule has 120 valence electrons. The van der Waals surface area contributed by atoms with E-state index >= 15 is 0 Å². The summed E-state index contributed by atoms with van der Waals surface area (Å²) in [4.78, 5) is 14.7. The number of carbonyl (C=O) groups is 1. The highest BCUT2D eigenvalue weighted by Gasteiger charge is 2.27. The van der Waals surface area contributed by atoms with Gasteiger partial charge < -0.3 is 10.2 Å².